The summed E-state index contributed by atoms with van der Waals surface area (Å²) in [6, 6.07) is 0.530. The van der Waals surface area contributed by atoms with Gasteiger partial charge < -0.3 is 10.1 Å². The Labute approximate surface area is 95.8 Å². The minimum absolute atomic E-state index is 0.371. The Morgan fingerprint density at radius 1 is 1.13 bits per heavy atom. The fourth-order valence-corrected chi connectivity index (χ4v) is 1.88. The molecule has 92 valence electrons. The molecule has 1 N–H and O–H groups in total. The van der Waals surface area contributed by atoms with Gasteiger partial charge in [-0.25, -0.2) is 0 Å². The highest BCUT2D eigenvalue weighted by Gasteiger charge is 2.18. The van der Waals surface area contributed by atoms with Crippen molar-refractivity contribution in [1.29, 1.82) is 0 Å². The van der Waals surface area contributed by atoms with E-state index in [9.17, 15) is 0 Å². The van der Waals surface area contributed by atoms with E-state index in [1.165, 1.54) is 19.3 Å². The molecule has 0 saturated heterocycles. The molecule has 0 amide bonds. The van der Waals surface area contributed by atoms with Crippen LogP contribution in [0.3, 0.4) is 0 Å². The van der Waals surface area contributed by atoms with Crippen LogP contribution in [0.25, 0.3) is 0 Å². The molecule has 0 spiro atoms. The monoisotopic (exact) mass is 215 g/mol. The van der Waals surface area contributed by atoms with Crippen LogP contribution in [0.1, 0.15) is 53.4 Å². The molecule has 0 aromatic carbocycles. The van der Waals surface area contributed by atoms with Gasteiger partial charge in [-0.3, -0.25) is 0 Å². The molecule has 0 rings (SSSR count). The van der Waals surface area contributed by atoms with E-state index in [2.05, 4.69) is 33.0 Å². The highest BCUT2D eigenvalue weighted by molar-refractivity contribution is 4.76. The molecule has 15 heavy (non-hydrogen) atoms. The molecule has 0 radical (unpaired) electrons. The van der Waals surface area contributed by atoms with Crippen molar-refractivity contribution in [1.82, 2.24) is 5.32 Å². The average Bonchev–Trinajstić information content (AvgIpc) is 2.22. The summed E-state index contributed by atoms with van der Waals surface area (Å²) in [4.78, 5) is 0. The van der Waals surface area contributed by atoms with Crippen LogP contribution in [0.2, 0.25) is 0 Å². The van der Waals surface area contributed by atoms with E-state index in [4.69, 9.17) is 4.74 Å². The lowest BCUT2D eigenvalue weighted by atomic mass is 9.98. The molecule has 2 unspecified atom stereocenters. The molecular weight excluding hydrogens is 186 g/mol. The topological polar surface area (TPSA) is 21.3 Å². The normalized spacial score (nSPS) is 15.6. The van der Waals surface area contributed by atoms with Crippen molar-refractivity contribution in [2.75, 3.05) is 13.7 Å². The van der Waals surface area contributed by atoms with Crippen LogP contribution < -0.4 is 5.32 Å². The predicted octanol–water partition coefficient (Wildman–Crippen LogP) is 3.22. The van der Waals surface area contributed by atoms with Crippen molar-refractivity contribution in [2.24, 2.45) is 5.92 Å². The first kappa shape index (κ1) is 14.9. The summed E-state index contributed by atoms with van der Waals surface area (Å²) in [6.07, 6.45) is 5.16. The number of hydrogen-bond acceptors (Lipinski definition) is 2. The lowest BCUT2D eigenvalue weighted by Gasteiger charge is -2.26. The molecule has 0 aromatic heterocycles. The fourth-order valence-electron chi connectivity index (χ4n) is 1.88. The Kier molecular flexibility index (Phi) is 9.12. The van der Waals surface area contributed by atoms with E-state index in [0.29, 0.717) is 12.1 Å². The highest BCUT2D eigenvalue weighted by atomic mass is 16.5. The minimum atomic E-state index is 0.371. The Bertz CT molecular complexity index is 132. The second-order valence-corrected chi connectivity index (χ2v) is 4.71. The molecule has 0 heterocycles. The fraction of sp³-hybridized carbons (Fsp3) is 1.00. The van der Waals surface area contributed by atoms with Gasteiger partial charge in [0, 0.05) is 13.2 Å². The molecule has 0 aromatic rings. The highest BCUT2D eigenvalue weighted by Crippen LogP contribution is 2.13. The lowest BCUT2D eigenvalue weighted by Crippen LogP contribution is -2.41. The summed E-state index contributed by atoms with van der Waals surface area (Å²) >= 11 is 0. The molecule has 0 aliphatic carbocycles. The van der Waals surface area contributed by atoms with Gasteiger partial charge in [-0.1, -0.05) is 27.7 Å². The summed E-state index contributed by atoms with van der Waals surface area (Å²) < 4.78 is 5.53. The van der Waals surface area contributed by atoms with Gasteiger partial charge in [-0.2, -0.15) is 0 Å². The third kappa shape index (κ3) is 6.91. The van der Waals surface area contributed by atoms with Crippen molar-refractivity contribution in [3.63, 3.8) is 0 Å². The lowest BCUT2D eigenvalue weighted by molar-refractivity contribution is 0.0607. The van der Waals surface area contributed by atoms with Gasteiger partial charge >= 0.3 is 0 Å². The van der Waals surface area contributed by atoms with Crippen LogP contribution in [0.15, 0.2) is 0 Å². The van der Waals surface area contributed by atoms with Gasteiger partial charge in [0.25, 0.3) is 0 Å². The molecule has 0 aliphatic rings. The number of rotatable bonds is 9. The molecule has 2 heteroatoms. The maximum atomic E-state index is 5.53. The number of ether oxygens (including phenoxy) is 1. The Balaban J connectivity index is 4.03. The third-order valence-electron chi connectivity index (χ3n) is 2.87. The molecular formula is C13H29NO. The smallest absolute Gasteiger partial charge is 0.0721 e. The first-order chi connectivity index (χ1) is 7.15. The van der Waals surface area contributed by atoms with E-state index in [0.717, 1.165) is 18.9 Å². The van der Waals surface area contributed by atoms with Crippen molar-refractivity contribution < 1.29 is 4.74 Å². The van der Waals surface area contributed by atoms with Gasteiger partial charge in [-0.15, -0.1) is 0 Å². The number of hydrogen-bond donors (Lipinski definition) is 1. The SMILES string of the molecule is CCCNC(CCC(C)C)C(CC)OC. The summed E-state index contributed by atoms with van der Waals surface area (Å²) in [6.45, 7) is 10.1. The Morgan fingerprint density at radius 2 is 1.80 bits per heavy atom. The zero-order chi connectivity index (χ0) is 11.7. The maximum Gasteiger partial charge on any atom is 0.0721 e. The van der Waals surface area contributed by atoms with E-state index < -0.39 is 0 Å². The molecule has 0 bridgehead atoms. The largest absolute Gasteiger partial charge is 0.380 e. The quantitative estimate of drug-likeness (QED) is 0.637. The van der Waals surface area contributed by atoms with E-state index in [1.807, 2.05) is 7.11 Å². The van der Waals surface area contributed by atoms with Crippen LogP contribution in [-0.2, 0) is 4.74 Å². The van der Waals surface area contributed by atoms with Crippen LogP contribution in [0.4, 0.5) is 0 Å². The second kappa shape index (κ2) is 9.17. The zero-order valence-electron chi connectivity index (χ0n) is 11.2. The van der Waals surface area contributed by atoms with Crippen molar-refractivity contribution >= 4 is 0 Å². The van der Waals surface area contributed by atoms with Crippen LogP contribution >= 0.6 is 0 Å². The Hall–Kier alpha value is -0.0800. The molecule has 0 fully saturated rings. The van der Waals surface area contributed by atoms with Crippen molar-refractivity contribution in [3.05, 3.63) is 0 Å². The van der Waals surface area contributed by atoms with Crippen LogP contribution in [0, 0.1) is 5.92 Å². The van der Waals surface area contributed by atoms with E-state index >= 15 is 0 Å². The first-order valence-corrected chi connectivity index (χ1v) is 6.41. The summed E-state index contributed by atoms with van der Waals surface area (Å²) in [7, 11) is 1.82. The van der Waals surface area contributed by atoms with Gasteiger partial charge in [0.1, 0.15) is 0 Å². The minimum Gasteiger partial charge on any atom is -0.380 e. The van der Waals surface area contributed by atoms with Crippen LogP contribution in [-0.4, -0.2) is 25.8 Å². The summed E-state index contributed by atoms with van der Waals surface area (Å²) in [5, 5.41) is 3.60. The van der Waals surface area contributed by atoms with E-state index in [-0.39, 0.29) is 0 Å². The van der Waals surface area contributed by atoms with Gasteiger partial charge in [0.05, 0.1) is 6.10 Å². The molecule has 0 saturated carbocycles. The predicted molar refractivity (Wildman–Crippen MR) is 67.2 cm³/mol. The first-order valence-electron chi connectivity index (χ1n) is 6.41. The third-order valence-corrected chi connectivity index (χ3v) is 2.87. The average molecular weight is 215 g/mol. The Morgan fingerprint density at radius 3 is 2.20 bits per heavy atom. The van der Waals surface area contributed by atoms with Crippen molar-refractivity contribution in [3.8, 4) is 0 Å². The van der Waals surface area contributed by atoms with Crippen molar-refractivity contribution in [2.45, 2.75) is 65.5 Å². The van der Waals surface area contributed by atoms with Gasteiger partial charge in [0.2, 0.25) is 0 Å². The molecule has 0 aliphatic heterocycles. The maximum absolute atomic E-state index is 5.53. The van der Waals surface area contributed by atoms with E-state index in [1.54, 1.807) is 0 Å². The zero-order valence-corrected chi connectivity index (χ0v) is 11.2. The number of nitrogens with one attached hydrogen (secondary N) is 1. The summed E-state index contributed by atoms with van der Waals surface area (Å²) in [5.74, 6) is 0.783. The molecule has 2 nitrogen and oxygen atoms in total. The standard InChI is InChI=1S/C13H29NO/c1-6-10-14-12(9-8-11(3)4)13(7-2)15-5/h11-14H,6-10H2,1-5H3. The summed E-state index contributed by atoms with van der Waals surface area (Å²) in [5.41, 5.74) is 0. The van der Waals surface area contributed by atoms with Gasteiger partial charge in [0.15, 0.2) is 0 Å². The number of methoxy groups -OCH3 is 1. The van der Waals surface area contributed by atoms with Crippen LogP contribution in [0.5, 0.6) is 0 Å². The molecule has 2 atom stereocenters. The second-order valence-electron chi connectivity index (χ2n) is 4.71. The van der Waals surface area contributed by atoms with Gasteiger partial charge in [-0.05, 0) is 38.1 Å².